The van der Waals surface area contributed by atoms with Crippen molar-refractivity contribution in [2.75, 3.05) is 13.3 Å². The Bertz CT molecular complexity index is 1280. The van der Waals surface area contributed by atoms with E-state index in [0.29, 0.717) is 27.5 Å². The molecule has 3 aromatic heterocycles. The van der Waals surface area contributed by atoms with Crippen molar-refractivity contribution < 1.29 is 17.2 Å². The smallest absolute Gasteiger partial charge is 0.242 e. The van der Waals surface area contributed by atoms with Crippen LogP contribution in [0.15, 0.2) is 35.5 Å². The minimum Gasteiger partial charge on any atom is -0.335 e. The van der Waals surface area contributed by atoms with Gasteiger partial charge in [0.25, 0.3) is 0 Å². The number of alkyl halides is 2. The first-order valence-electron chi connectivity index (χ1n) is 10.1. The highest BCUT2D eigenvalue weighted by Crippen LogP contribution is 2.41. The Morgan fingerprint density at radius 2 is 1.94 bits per heavy atom. The molecule has 0 aromatic carbocycles. The summed E-state index contributed by atoms with van der Waals surface area (Å²) in [5.41, 5.74) is 2.14. The molecule has 3 aromatic rings. The summed E-state index contributed by atoms with van der Waals surface area (Å²) in [6, 6.07) is 5.44. The molecule has 0 bridgehead atoms. The molecular formula is C21H20ClF2N5O2S. The van der Waals surface area contributed by atoms with E-state index >= 15 is 0 Å². The number of nitrogens with zero attached hydrogens (tertiary/aromatic N) is 4. The van der Waals surface area contributed by atoms with Crippen molar-refractivity contribution in [1.29, 1.82) is 5.26 Å². The number of rotatable bonds is 7. The number of halogens is 3. The molecule has 1 aliphatic carbocycles. The van der Waals surface area contributed by atoms with Crippen LogP contribution in [0.25, 0.3) is 22.3 Å². The minimum absolute atomic E-state index is 0.148. The van der Waals surface area contributed by atoms with Crippen molar-refractivity contribution in [3.8, 4) is 17.5 Å². The molecule has 1 aliphatic rings. The summed E-state index contributed by atoms with van der Waals surface area (Å²) in [5.74, 6) is 0. The molecule has 11 heteroatoms. The summed E-state index contributed by atoms with van der Waals surface area (Å²) in [4.78, 5) is 8.19. The number of hydrogen-bond donors (Lipinski definition) is 1. The van der Waals surface area contributed by atoms with E-state index in [-0.39, 0.29) is 10.9 Å². The van der Waals surface area contributed by atoms with Crippen LogP contribution in [-0.4, -0.2) is 42.3 Å². The quantitative estimate of drug-likeness (QED) is 0.508. The molecule has 0 spiro atoms. The molecule has 0 saturated heterocycles. The van der Waals surface area contributed by atoms with Crippen LogP contribution in [-0.2, 0) is 10.0 Å². The summed E-state index contributed by atoms with van der Waals surface area (Å²) in [6.07, 6.45) is 6.67. The van der Waals surface area contributed by atoms with Crippen LogP contribution in [0.2, 0.25) is 5.15 Å². The fourth-order valence-corrected chi connectivity index (χ4v) is 5.45. The van der Waals surface area contributed by atoms with E-state index in [9.17, 15) is 22.5 Å². The highest BCUT2D eigenvalue weighted by molar-refractivity contribution is 7.89. The summed E-state index contributed by atoms with van der Waals surface area (Å²) >= 11 is 6.13. The van der Waals surface area contributed by atoms with Gasteiger partial charge in [-0.3, -0.25) is 4.98 Å². The molecule has 0 atom stereocenters. The van der Waals surface area contributed by atoms with Gasteiger partial charge in [-0.1, -0.05) is 24.4 Å². The van der Waals surface area contributed by atoms with Gasteiger partial charge < -0.3 is 4.57 Å². The number of aromatic nitrogens is 3. The molecular weight excluding hydrogens is 460 g/mol. The third-order valence-electron chi connectivity index (χ3n) is 5.64. The number of pyridine rings is 2. The lowest BCUT2D eigenvalue weighted by Gasteiger charge is -2.18. The molecule has 0 amide bonds. The van der Waals surface area contributed by atoms with Gasteiger partial charge in [0.2, 0.25) is 10.0 Å². The highest BCUT2D eigenvalue weighted by atomic mass is 35.5. The van der Waals surface area contributed by atoms with E-state index in [1.807, 2.05) is 9.29 Å². The van der Waals surface area contributed by atoms with E-state index in [1.54, 1.807) is 12.3 Å². The summed E-state index contributed by atoms with van der Waals surface area (Å²) in [6.45, 7) is -2.32. The second-order valence-electron chi connectivity index (χ2n) is 7.67. The molecule has 1 saturated carbocycles. The fourth-order valence-electron chi connectivity index (χ4n) is 4.16. The molecule has 0 aliphatic heterocycles. The molecule has 168 valence electrons. The van der Waals surface area contributed by atoms with Gasteiger partial charge in [-0.05, 0) is 31.0 Å². The average Bonchev–Trinajstić information content (AvgIpc) is 3.42. The van der Waals surface area contributed by atoms with E-state index < -0.39 is 29.4 Å². The highest BCUT2D eigenvalue weighted by Gasteiger charge is 2.28. The van der Waals surface area contributed by atoms with Crippen LogP contribution in [0.1, 0.15) is 37.3 Å². The monoisotopic (exact) mass is 479 g/mol. The summed E-state index contributed by atoms with van der Waals surface area (Å²) < 4.78 is 54.4. The second-order valence-corrected chi connectivity index (χ2v) is 9.78. The lowest BCUT2D eigenvalue weighted by atomic mass is 10.1. The Hall–Kier alpha value is -2.61. The first-order chi connectivity index (χ1) is 15.4. The number of fused-ring (bicyclic) bond motifs is 1. The lowest BCUT2D eigenvalue weighted by molar-refractivity contribution is 0.334. The van der Waals surface area contributed by atoms with Gasteiger partial charge in [-0.15, -0.1) is 0 Å². The minimum atomic E-state index is -4.15. The van der Waals surface area contributed by atoms with E-state index in [0.717, 1.165) is 37.4 Å². The van der Waals surface area contributed by atoms with Gasteiger partial charge in [-0.25, -0.2) is 26.9 Å². The SMILES string of the molecule is N#Cc1c(-c2ccc(S(=O)(=O)NC(CF)CF)cn2)n(C2CCCC2)c2cc(Cl)ncc12. The molecule has 1 N–H and O–H groups in total. The lowest BCUT2D eigenvalue weighted by Crippen LogP contribution is -2.37. The maximum absolute atomic E-state index is 12.8. The van der Waals surface area contributed by atoms with Crippen LogP contribution in [0.4, 0.5) is 8.78 Å². The van der Waals surface area contributed by atoms with Crippen LogP contribution in [0.5, 0.6) is 0 Å². The predicted octanol–water partition coefficient (Wildman–Crippen LogP) is 4.32. The number of hydrogen-bond acceptors (Lipinski definition) is 5. The van der Waals surface area contributed by atoms with Crippen LogP contribution in [0, 0.1) is 11.3 Å². The first kappa shape index (κ1) is 22.6. The van der Waals surface area contributed by atoms with Gasteiger partial charge in [0.15, 0.2) is 0 Å². The van der Waals surface area contributed by atoms with Gasteiger partial charge in [-0.2, -0.15) is 5.26 Å². The Balaban J connectivity index is 1.83. The number of nitrogens with one attached hydrogen (secondary N) is 1. The average molecular weight is 480 g/mol. The normalized spacial score (nSPS) is 15.0. The van der Waals surface area contributed by atoms with Gasteiger partial charge in [0.1, 0.15) is 29.5 Å². The van der Waals surface area contributed by atoms with Crippen LogP contribution >= 0.6 is 11.6 Å². The molecule has 1 fully saturated rings. The third kappa shape index (κ3) is 4.08. The Morgan fingerprint density at radius 1 is 1.22 bits per heavy atom. The Morgan fingerprint density at radius 3 is 2.53 bits per heavy atom. The Labute approximate surface area is 189 Å². The molecule has 0 unspecified atom stereocenters. The van der Waals surface area contributed by atoms with Crippen molar-refractivity contribution in [3.63, 3.8) is 0 Å². The van der Waals surface area contributed by atoms with Crippen LogP contribution < -0.4 is 4.72 Å². The standard InChI is InChI=1S/C21H20ClF2N5O2S/c22-20-7-19-17(12-27-20)16(10-25)21(29(19)14-3-1-2-4-14)18-6-5-15(11-26-18)32(30,31)28-13(8-23)9-24/h5-7,11-14,28H,1-4,8-9H2. The van der Waals surface area contributed by atoms with Gasteiger partial charge in [0, 0.05) is 23.8 Å². The summed E-state index contributed by atoms with van der Waals surface area (Å²) in [5, 5.41) is 10.9. The fraction of sp³-hybridized carbons (Fsp3) is 0.381. The van der Waals surface area contributed by atoms with Crippen LogP contribution in [0.3, 0.4) is 0 Å². The molecule has 7 nitrogen and oxygen atoms in total. The summed E-state index contributed by atoms with van der Waals surface area (Å²) in [7, 11) is -4.15. The predicted molar refractivity (Wildman–Crippen MR) is 116 cm³/mol. The maximum atomic E-state index is 12.8. The number of sulfonamides is 1. The van der Waals surface area contributed by atoms with Crippen molar-refractivity contribution in [3.05, 3.63) is 41.3 Å². The van der Waals surface area contributed by atoms with E-state index in [4.69, 9.17) is 11.6 Å². The van der Waals surface area contributed by atoms with E-state index in [1.165, 1.54) is 12.1 Å². The second kappa shape index (κ2) is 9.10. The van der Waals surface area contributed by atoms with E-state index in [2.05, 4.69) is 16.0 Å². The number of nitriles is 1. The van der Waals surface area contributed by atoms with Gasteiger partial charge in [0.05, 0.1) is 28.5 Å². The third-order valence-corrected chi connectivity index (χ3v) is 7.35. The van der Waals surface area contributed by atoms with Crippen molar-refractivity contribution in [2.24, 2.45) is 0 Å². The van der Waals surface area contributed by atoms with Crippen molar-refractivity contribution in [2.45, 2.75) is 42.7 Å². The molecule has 4 rings (SSSR count). The maximum Gasteiger partial charge on any atom is 0.242 e. The van der Waals surface area contributed by atoms with Crippen molar-refractivity contribution in [1.82, 2.24) is 19.3 Å². The molecule has 0 radical (unpaired) electrons. The zero-order valence-corrected chi connectivity index (χ0v) is 18.5. The first-order valence-corrected chi connectivity index (χ1v) is 12.0. The zero-order valence-electron chi connectivity index (χ0n) is 16.9. The molecule has 32 heavy (non-hydrogen) atoms. The largest absolute Gasteiger partial charge is 0.335 e. The topological polar surface area (TPSA) is 101 Å². The zero-order chi connectivity index (χ0) is 22.9. The molecule has 3 heterocycles. The Kier molecular flexibility index (Phi) is 6.42. The van der Waals surface area contributed by atoms with Gasteiger partial charge >= 0.3 is 0 Å². The van der Waals surface area contributed by atoms with Crippen molar-refractivity contribution >= 4 is 32.5 Å².